The molecule has 5 nitrogen and oxygen atoms in total. The van der Waals surface area contributed by atoms with Crippen molar-refractivity contribution in [2.45, 2.75) is 26.2 Å². The quantitative estimate of drug-likeness (QED) is 0.787. The minimum atomic E-state index is -0.112. The van der Waals surface area contributed by atoms with E-state index in [1.54, 1.807) is 11.7 Å². The SMILES string of the molecule is CCc1nn(C)c(C(=O)NCC2CC2)c1N. The first-order chi connectivity index (χ1) is 7.63. The number of hydrogen-bond donors (Lipinski definition) is 2. The smallest absolute Gasteiger partial charge is 0.271 e. The Labute approximate surface area is 95.0 Å². The third-order valence-electron chi connectivity index (χ3n) is 2.96. The lowest BCUT2D eigenvalue weighted by atomic mass is 10.2. The predicted molar refractivity (Wildman–Crippen MR) is 62.1 cm³/mol. The maximum Gasteiger partial charge on any atom is 0.271 e. The van der Waals surface area contributed by atoms with Gasteiger partial charge in [-0.15, -0.1) is 0 Å². The largest absolute Gasteiger partial charge is 0.395 e. The Hall–Kier alpha value is -1.52. The van der Waals surface area contributed by atoms with Crippen LogP contribution in [0.4, 0.5) is 5.69 Å². The number of aromatic nitrogens is 2. The third-order valence-corrected chi connectivity index (χ3v) is 2.96. The van der Waals surface area contributed by atoms with Gasteiger partial charge in [-0.2, -0.15) is 5.10 Å². The second-order valence-corrected chi connectivity index (χ2v) is 4.34. The molecule has 16 heavy (non-hydrogen) atoms. The summed E-state index contributed by atoms with van der Waals surface area (Å²) in [5, 5.41) is 7.12. The van der Waals surface area contributed by atoms with E-state index >= 15 is 0 Å². The Kier molecular flexibility index (Phi) is 2.85. The Morgan fingerprint density at radius 2 is 2.31 bits per heavy atom. The van der Waals surface area contributed by atoms with Crippen LogP contribution in [0.15, 0.2) is 0 Å². The molecule has 0 aromatic carbocycles. The number of nitrogens with zero attached hydrogens (tertiary/aromatic N) is 2. The Morgan fingerprint density at radius 3 is 2.81 bits per heavy atom. The van der Waals surface area contributed by atoms with Gasteiger partial charge in [0, 0.05) is 13.6 Å². The molecule has 1 heterocycles. The molecule has 0 aliphatic heterocycles. The molecule has 2 rings (SSSR count). The fourth-order valence-corrected chi connectivity index (χ4v) is 1.77. The van der Waals surface area contributed by atoms with E-state index in [4.69, 9.17) is 5.73 Å². The van der Waals surface area contributed by atoms with Gasteiger partial charge in [0.25, 0.3) is 5.91 Å². The Morgan fingerprint density at radius 1 is 1.62 bits per heavy atom. The van der Waals surface area contributed by atoms with Crippen molar-refractivity contribution in [3.8, 4) is 0 Å². The van der Waals surface area contributed by atoms with Crippen molar-refractivity contribution in [3.05, 3.63) is 11.4 Å². The number of carbonyl (C=O) groups is 1. The van der Waals surface area contributed by atoms with Gasteiger partial charge >= 0.3 is 0 Å². The van der Waals surface area contributed by atoms with Gasteiger partial charge in [0.15, 0.2) is 0 Å². The van der Waals surface area contributed by atoms with Gasteiger partial charge in [-0.25, -0.2) is 0 Å². The molecule has 0 bridgehead atoms. The van der Waals surface area contributed by atoms with Crippen LogP contribution < -0.4 is 11.1 Å². The molecule has 1 aromatic rings. The number of rotatable bonds is 4. The van der Waals surface area contributed by atoms with Gasteiger partial charge in [0.05, 0.1) is 11.4 Å². The minimum absolute atomic E-state index is 0.112. The number of aryl methyl sites for hydroxylation is 2. The summed E-state index contributed by atoms with van der Waals surface area (Å²) in [6.07, 6.45) is 3.19. The summed E-state index contributed by atoms with van der Waals surface area (Å²) < 4.78 is 1.57. The number of hydrogen-bond acceptors (Lipinski definition) is 3. The van der Waals surface area contributed by atoms with Crippen LogP contribution in [-0.4, -0.2) is 22.2 Å². The van der Waals surface area contributed by atoms with E-state index < -0.39 is 0 Å². The highest BCUT2D eigenvalue weighted by Crippen LogP contribution is 2.27. The zero-order valence-corrected chi connectivity index (χ0v) is 9.79. The number of nitrogens with two attached hydrogens (primary N) is 1. The first kappa shape index (κ1) is 11.0. The van der Waals surface area contributed by atoms with Gasteiger partial charge in [-0.05, 0) is 25.2 Å². The zero-order valence-electron chi connectivity index (χ0n) is 9.79. The number of nitrogen functional groups attached to an aromatic ring is 1. The molecule has 0 atom stereocenters. The maximum atomic E-state index is 11.9. The van der Waals surface area contributed by atoms with E-state index in [1.165, 1.54) is 12.8 Å². The summed E-state index contributed by atoms with van der Waals surface area (Å²) >= 11 is 0. The summed E-state index contributed by atoms with van der Waals surface area (Å²) in [4.78, 5) is 11.9. The topological polar surface area (TPSA) is 72.9 Å². The molecule has 1 fully saturated rings. The number of carbonyl (C=O) groups excluding carboxylic acids is 1. The average Bonchev–Trinajstić information content (AvgIpc) is 3.02. The summed E-state index contributed by atoms with van der Waals surface area (Å²) in [5.74, 6) is 0.558. The van der Waals surface area contributed by atoms with Crippen LogP contribution in [-0.2, 0) is 13.5 Å². The van der Waals surface area contributed by atoms with Crippen LogP contribution in [0.1, 0.15) is 35.9 Å². The van der Waals surface area contributed by atoms with E-state index in [1.807, 2.05) is 6.92 Å². The molecular formula is C11H18N4O. The van der Waals surface area contributed by atoms with Crippen LogP contribution in [0.5, 0.6) is 0 Å². The normalized spacial score (nSPS) is 15.1. The summed E-state index contributed by atoms with van der Waals surface area (Å²) in [5.41, 5.74) is 7.68. The first-order valence-electron chi connectivity index (χ1n) is 5.73. The van der Waals surface area contributed by atoms with Crippen molar-refractivity contribution >= 4 is 11.6 Å². The van der Waals surface area contributed by atoms with Crippen molar-refractivity contribution < 1.29 is 4.79 Å². The molecule has 5 heteroatoms. The van der Waals surface area contributed by atoms with Gasteiger partial charge in [-0.1, -0.05) is 6.92 Å². The molecule has 3 N–H and O–H groups in total. The lowest BCUT2D eigenvalue weighted by Gasteiger charge is -2.04. The van der Waals surface area contributed by atoms with E-state index in [-0.39, 0.29) is 5.91 Å². The zero-order chi connectivity index (χ0) is 11.7. The van der Waals surface area contributed by atoms with Gasteiger partial charge < -0.3 is 11.1 Å². The fraction of sp³-hybridized carbons (Fsp3) is 0.636. The number of nitrogens with one attached hydrogen (secondary N) is 1. The Balaban J connectivity index is 2.11. The lowest BCUT2D eigenvalue weighted by Crippen LogP contribution is -2.28. The van der Waals surface area contributed by atoms with Gasteiger partial charge in [0.1, 0.15) is 5.69 Å². The second-order valence-electron chi connectivity index (χ2n) is 4.34. The van der Waals surface area contributed by atoms with Crippen LogP contribution in [0.25, 0.3) is 0 Å². The van der Waals surface area contributed by atoms with Gasteiger partial charge in [-0.3, -0.25) is 9.48 Å². The van der Waals surface area contributed by atoms with E-state index in [2.05, 4.69) is 10.4 Å². The van der Waals surface area contributed by atoms with Gasteiger partial charge in [0.2, 0.25) is 0 Å². The maximum absolute atomic E-state index is 11.9. The van der Waals surface area contributed by atoms with Crippen molar-refractivity contribution in [3.63, 3.8) is 0 Å². The molecule has 0 saturated heterocycles. The molecule has 1 saturated carbocycles. The highest BCUT2D eigenvalue weighted by molar-refractivity contribution is 5.97. The summed E-state index contributed by atoms with van der Waals surface area (Å²) in [7, 11) is 1.75. The van der Waals surface area contributed by atoms with Crippen LogP contribution in [0.3, 0.4) is 0 Å². The highest BCUT2D eigenvalue weighted by atomic mass is 16.2. The highest BCUT2D eigenvalue weighted by Gasteiger charge is 2.24. The monoisotopic (exact) mass is 222 g/mol. The van der Waals surface area contributed by atoms with Crippen LogP contribution in [0.2, 0.25) is 0 Å². The summed E-state index contributed by atoms with van der Waals surface area (Å²) in [6, 6.07) is 0. The molecule has 1 aromatic heterocycles. The molecular weight excluding hydrogens is 204 g/mol. The van der Waals surface area contributed by atoms with Crippen LogP contribution >= 0.6 is 0 Å². The Bertz CT molecular complexity index is 406. The predicted octanol–water partition coefficient (Wildman–Crippen LogP) is 0.705. The molecule has 0 spiro atoms. The summed E-state index contributed by atoms with van der Waals surface area (Å²) in [6.45, 7) is 2.73. The van der Waals surface area contributed by atoms with E-state index in [0.717, 1.165) is 18.7 Å². The van der Waals surface area contributed by atoms with Crippen LogP contribution in [0, 0.1) is 5.92 Å². The number of amides is 1. The second kappa shape index (κ2) is 4.15. The molecule has 88 valence electrons. The molecule has 0 unspecified atom stereocenters. The van der Waals surface area contributed by atoms with Crippen molar-refractivity contribution in [1.82, 2.24) is 15.1 Å². The van der Waals surface area contributed by atoms with E-state index in [9.17, 15) is 4.79 Å². The van der Waals surface area contributed by atoms with E-state index in [0.29, 0.717) is 17.3 Å². The number of anilines is 1. The standard InChI is InChI=1S/C11H18N4O/c1-3-8-9(12)10(15(2)14-8)11(16)13-6-7-4-5-7/h7H,3-6,12H2,1-2H3,(H,13,16). The first-order valence-corrected chi connectivity index (χ1v) is 5.73. The molecule has 0 radical (unpaired) electrons. The third kappa shape index (κ3) is 2.03. The van der Waals surface area contributed by atoms with Crippen molar-refractivity contribution in [2.24, 2.45) is 13.0 Å². The molecule has 1 amide bonds. The fourth-order valence-electron chi connectivity index (χ4n) is 1.77. The lowest BCUT2D eigenvalue weighted by molar-refractivity contribution is 0.0943. The average molecular weight is 222 g/mol. The van der Waals surface area contributed by atoms with Crippen molar-refractivity contribution in [1.29, 1.82) is 0 Å². The molecule has 1 aliphatic carbocycles. The minimum Gasteiger partial charge on any atom is -0.395 e. The van der Waals surface area contributed by atoms with Crippen molar-refractivity contribution in [2.75, 3.05) is 12.3 Å². The molecule has 1 aliphatic rings.